The molecule has 0 bridgehead atoms. The third-order valence-electron chi connectivity index (χ3n) is 4.05. The highest BCUT2D eigenvalue weighted by Gasteiger charge is 2.22. The minimum atomic E-state index is -0.337. The average Bonchev–Trinajstić information content (AvgIpc) is 3.19. The summed E-state index contributed by atoms with van der Waals surface area (Å²) in [6.07, 6.45) is 6.71. The van der Waals surface area contributed by atoms with Crippen molar-refractivity contribution in [3.8, 4) is 16.9 Å². The van der Waals surface area contributed by atoms with Gasteiger partial charge < -0.3 is 5.32 Å². The largest absolute Gasteiger partial charge is 0.346 e. The molecule has 0 saturated carbocycles. The van der Waals surface area contributed by atoms with Crippen molar-refractivity contribution in [2.24, 2.45) is 0 Å². The van der Waals surface area contributed by atoms with Crippen LogP contribution < -0.4 is 5.32 Å². The molecule has 7 nitrogen and oxygen atoms in total. The van der Waals surface area contributed by atoms with Crippen molar-refractivity contribution in [1.29, 1.82) is 0 Å². The first-order valence-corrected chi connectivity index (χ1v) is 8.89. The van der Waals surface area contributed by atoms with Crippen LogP contribution in [0.25, 0.3) is 16.9 Å². The van der Waals surface area contributed by atoms with Gasteiger partial charge in [-0.15, -0.1) is 5.10 Å². The molecular formula is C20H15ClN6O. The number of nitrogens with one attached hydrogen (secondary N) is 1. The van der Waals surface area contributed by atoms with Crippen LogP contribution in [-0.4, -0.2) is 30.9 Å². The zero-order valence-corrected chi connectivity index (χ0v) is 15.4. The Kier molecular flexibility index (Phi) is 5.07. The van der Waals surface area contributed by atoms with Crippen molar-refractivity contribution >= 4 is 17.5 Å². The van der Waals surface area contributed by atoms with E-state index in [1.165, 1.54) is 0 Å². The molecule has 138 valence electrons. The Balaban J connectivity index is 1.72. The van der Waals surface area contributed by atoms with E-state index in [4.69, 9.17) is 11.6 Å². The molecule has 1 aromatic carbocycles. The van der Waals surface area contributed by atoms with Crippen molar-refractivity contribution in [3.63, 3.8) is 0 Å². The predicted octanol–water partition coefficient (Wildman–Crippen LogP) is 3.31. The van der Waals surface area contributed by atoms with Gasteiger partial charge in [-0.2, -0.15) is 0 Å². The molecule has 3 aromatic heterocycles. The van der Waals surface area contributed by atoms with Gasteiger partial charge in [0.05, 0.1) is 5.69 Å². The summed E-state index contributed by atoms with van der Waals surface area (Å²) in [5.41, 5.74) is 3.06. The maximum Gasteiger partial charge on any atom is 0.274 e. The molecular weight excluding hydrogens is 376 g/mol. The minimum Gasteiger partial charge on any atom is -0.346 e. The maximum absolute atomic E-state index is 12.8. The van der Waals surface area contributed by atoms with Crippen molar-refractivity contribution in [2.75, 3.05) is 0 Å². The number of pyridine rings is 2. The summed E-state index contributed by atoms with van der Waals surface area (Å²) in [5.74, 6) is -0.337. The van der Waals surface area contributed by atoms with Crippen molar-refractivity contribution in [1.82, 2.24) is 30.3 Å². The Morgan fingerprint density at radius 1 is 1.04 bits per heavy atom. The fourth-order valence-corrected chi connectivity index (χ4v) is 2.94. The zero-order valence-electron chi connectivity index (χ0n) is 14.7. The molecule has 0 aliphatic rings. The zero-order chi connectivity index (χ0) is 19.3. The Bertz CT molecular complexity index is 1100. The van der Waals surface area contributed by atoms with Gasteiger partial charge in [0, 0.05) is 41.9 Å². The molecule has 0 saturated heterocycles. The molecule has 4 aromatic rings. The van der Waals surface area contributed by atoms with E-state index in [-0.39, 0.29) is 11.6 Å². The molecule has 3 heterocycles. The second-order valence-corrected chi connectivity index (χ2v) is 6.40. The lowest BCUT2D eigenvalue weighted by Gasteiger charge is -2.09. The van der Waals surface area contributed by atoms with E-state index in [1.54, 1.807) is 47.7 Å². The van der Waals surface area contributed by atoms with Gasteiger partial charge in [0.15, 0.2) is 5.69 Å². The van der Waals surface area contributed by atoms with Crippen LogP contribution in [0.2, 0.25) is 5.02 Å². The lowest BCUT2D eigenvalue weighted by molar-refractivity contribution is 0.0946. The Labute approximate surface area is 166 Å². The van der Waals surface area contributed by atoms with Crippen LogP contribution in [0.3, 0.4) is 0 Å². The van der Waals surface area contributed by atoms with E-state index >= 15 is 0 Å². The summed E-state index contributed by atoms with van der Waals surface area (Å²) in [6.45, 7) is 0.336. The first-order valence-electron chi connectivity index (χ1n) is 8.51. The number of amides is 1. The van der Waals surface area contributed by atoms with Crippen LogP contribution in [0.15, 0.2) is 73.3 Å². The van der Waals surface area contributed by atoms with Crippen LogP contribution in [-0.2, 0) is 6.54 Å². The van der Waals surface area contributed by atoms with E-state index in [0.29, 0.717) is 22.9 Å². The van der Waals surface area contributed by atoms with Crippen LogP contribution in [0.4, 0.5) is 0 Å². The smallest absolute Gasteiger partial charge is 0.274 e. The monoisotopic (exact) mass is 390 g/mol. The van der Waals surface area contributed by atoms with Crippen molar-refractivity contribution < 1.29 is 4.79 Å². The van der Waals surface area contributed by atoms with E-state index in [1.807, 2.05) is 30.3 Å². The molecule has 0 unspecified atom stereocenters. The lowest BCUT2D eigenvalue weighted by atomic mass is 10.1. The van der Waals surface area contributed by atoms with Crippen molar-refractivity contribution in [3.05, 3.63) is 89.6 Å². The first-order chi connectivity index (χ1) is 13.7. The van der Waals surface area contributed by atoms with Gasteiger partial charge in [-0.05, 0) is 42.0 Å². The summed E-state index contributed by atoms with van der Waals surface area (Å²) >= 11 is 6.12. The number of rotatable bonds is 5. The maximum atomic E-state index is 12.8. The standard InChI is InChI=1S/C20H15ClN6O/c21-16-6-1-7-17(10-16)27-19(15-5-3-9-23-13-15)18(25-26-27)20(28)24-12-14-4-2-8-22-11-14/h1-11,13H,12H2,(H,24,28). The van der Waals surface area contributed by atoms with Crippen LogP contribution >= 0.6 is 11.6 Å². The van der Waals surface area contributed by atoms with Gasteiger partial charge in [0.25, 0.3) is 5.91 Å². The quantitative estimate of drug-likeness (QED) is 0.565. The van der Waals surface area contributed by atoms with Gasteiger partial charge in [0.2, 0.25) is 0 Å². The second kappa shape index (κ2) is 7.98. The van der Waals surface area contributed by atoms with Gasteiger partial charge in [0.1, 0.15) is 5.69 Å². The van der Waals surface area contributed by atoms with Gasteiger partial charge >= 0.3 is 0 Å². The molecule has 4 rings (SSSR count). The highest BCUT2D eigenvalue weighted by atomic mass is 35.5. The number of nitrogens with zero attached hydrogens (tertiary/aromatic N) is 5. The predicted molar refractivity (Wildman–Crippen MR) is 105 cm³/mol. The topological polar surface area (TPSA) is 85.6 Å². The third-order valence-corrected chi connectivity index (χ3v) is 4.28. The highest BCUT2D eigenvalue weighted by molar-refractivity contribution is 6.30. The highest BCUT2D eigenvalue weighted by Crippen LogP contribution is 2.25. The van der Waals surface area contributed by atoms with E-state index < -0.39 is 0 Å². The lowest BCUT2D eigenvalue weighted by Crippen LogP contribution is -2.24. The number of halogens is 1. The number of hydrogen-bond donors (Lipinski definition) is 1. The van der Waals surface area contributed by atoms with E-state index in [0.717, 1.165) is 11.1 Å². The Morgan fingerprint density at radius 2 is 1.86 bits per heavy atom. The van der Waals surface area contributed by atoms with E-state index in [9.17, 15) is 4.79 Å². The van der Waals surface area contributed by atoms with Crippen LogP contribution in [0.5, 0.6) is 0 Å². The molecule has 0 fully saturated rings. The summed E-state index contributed by atoms with van der Waals surface area (Å²) in [6, 6.07) is 14.5. The third kappa shape index (κ3) is 3.74. The minimum absolute atomic E-state index is 0.205. The number of hydrogen-bond acceptors (Lipinski definition) is 5. The normalized spacial score (nSPS) is 10.6. The molecule has 0 aliphatic heterocycles. The average molecular weight is 391 g/mol. The molecule has 0 spiro atoms. The van der Waals surface area contributed by atoms with E-state index in [2.05, 4.69) is 25.6 Å². The molecule has 0 aliphatic carbocycles. The second-order valence-electron chi connectivity index (χ2n) is 5.96. The molecule has 1 amide bonds. The van der Waals surface area contributed by atoms with Crippen molar-refractivity contribution in [2.45, 2.75) is 6.54 Å². The molecule has 1 N–H and O–H groups in total. The number of carbonyl (C=O) groups excluding carboxylic acids is 1. The van der Waals surface area contributed by atoms with Gasteiger partial charge in [-0.3, -0.25) is 14.8 Å². The summed E-state index contributed by atoms with van der Waals surface area (Å²) in [5, 5.41) is 11.7. The molecule has 0 radical (unpaired) electrons. The van der Waals surface area contributed by atoms with Gasteiger partial charge in [-0.1, -0.05) is 28.9 Å². The number of carbonyl (C=O) groups is 1. The fraction of sp³-hybridized carbons (Fsp3) is 0.0500. The SMILES string of the molecule is O=C(NCc1cccnc1)c1nnn(-c2cccc(Cl)c2)c1-c1cccnc1. The van der Waals surface area contributed by atoms with Crippen LogP contribution in [0.1, 0.15) is 16.1 Å². The summed E-state index contributed by atoms with van der Waals surface area (Å²) in [7, 11) is 0. The fourth-order valence-electron chi connectivity index (χ4n) is 2.75. The van der Waals surface area contributed by atoms with Crippen LogP contribution in [0, 0.1) is 0 Å². The molecule has 28 heavy (non-hydrogen) atoms. The Hall–Kier alpha value is -3.58. The summed E-state index contributed by atoms with van der Waals surface area (Å²) in [4.78, 5) is 21.0. The summed E-state index contributed by atoms with van der Waals surface area (Å²) < 4.78 is 1.59. The molecule has 8 heteroatoms. The number of aromatic nitrogens is 5. The van der Waals surface area contributed by atoms with Gasteiger partial charge in [-0.25, -0.2) is 4.68 Å². The first kappa shape index (κ1) is 17.8. The molecule has 0 atom stereocenters. The Morgan fingerprint density at radius 3 is 2.57 bits per heavy atom. The number of benzene rings is 1.